The Morgan fingerprint density at radius 1 is 0.943 bits per heavy atom. The smallest absolute Gasteiger partial charge is 0.407 e. The highest BCUT2D eigenvalue weighted by atomic mass is 16.5. The molecule has 0 aromatic heterocycles. The Labute approximate surface area is 202 Å². The van der Waals surface area contributed by atoms with Crippen LogP contribution in [0.2, 0.25) is 0 Å². The first-order valence-corrected chi connectivity index (χ1v) is 11.1. The van der Waals surface area contributed by atoms with Crippen molar-refractivity contribution in [2.75, 3.05) is 11.9 Å². The second-order valence-electron chi connectivity index (χ2n) is 8.13. The number of carbonyl (C=O) groups excluding carboxylic acids is 2. The third-order valence-corrected chi connectivity index (χ3v) is 5.88. The Hall–Kier alpha value is -4.64. The molecule has 0 saturated heterocycles. The molecule has 3 aromatic rings. The molecule has 176 valence electrons. The van der Waals surface area contributed by atoms with Crippen LogP contribution in [0.15, 0.2) is 72.8 Å². The van der Waals surface area contributed by atoms with Gasteiger partial charge in [-0.2, -0.15) is 5.26 Å². The van der Waals surface area contributed by atoms with Crippen LogP contribution in [0.4, 0.5) is 10.5 Å². The zero-order chi connectivity index (χ0) is 24.8. The fraction of sp³-hybridized carbons (Fsp3) is 0.185. The molecule has 1 atom stereocenters. The lowest BCUT2D eigenvalue weighted by Crippen LogP contribution is -2.44. The third kappa shape index (κ3) is 5.47. The summed E-state index contributed by atoms with van der Waals surface area (Å²) in [6.07, 6.45) is -1.23. The van der Waals surface area contributed by atoms with Crippen LogP contribution in [-0.4, -0.2) is 35.7 Å². The van der Waals surface area contributed by atoms with Crippen molar-refractivity contribution in [3.8, 4) is 17.2 Å². The molecule has 35 heavy (non-hydrogen) atoms. The van der Waals surface area contributed by atoms with Crippen molar-refractivity contribution in [3.05, 3.63) is 89.5 Å². The van der Waals surface area contributed by atoms with Gasteiger partial charge in [-0.25, -0.2) is 4.79 Å². The van der Waals surface area contributed by atoms with E-state index in [9.17, 15) is 14.4 Å². The highest BCUT2D eigenvalue weighted by Crippen LogP contribution is 2.44. The van der Waals surface area contributed by atoms with Crippen molar-refractivity contribution < 1.29 is 24.2 Å². The van der Waals surface area contributed by atoms with Crippen LogP contribution in [0, 0.1) is 11.3 Å². The molecule has 4 rings (SSSR count). The topological polar surface area (TPSA) is 129 Å². The molecule has 8 nitrogen and oxygen atoms in total. The first kappa shape index (κ1) is 23.5. The predicted octanol–water partition coefficient (Wildman–Crippen LogP) is 4.27. The molecule has 8 heteroatoms. The van der Waals surface area contributed by atoms with Crippen LogP contribution in [0.25, 0.3) is 11.1 Å². The number of carbonyl (C=O) groups is 3. The van der Waals surface area contributed by atoms with E-state index in [2.05, 4.69) is 10.6 Å². The first-order valence-electron chi connectivity index (χ1n) is 11.1. The van der Waals surface area contributed by atoms with Crippen LogP contribution in [0.1, 0.15) is 35.4 Å². The zero-order valence-electron chi connectivity index (χ0n) is 18.7. The largest absolute Gasteiger partial charge is 0.481 e. The number of hydrogen-bond donors (Lipinski definition) is 3. The molecule has 3 aromatic carbocycles. The normalized spacial score (nSPS) is 12.5. The minimum absolute atomic E-state index is 0.0722. The summed E-state index contributed by atoms with van der Waals surface area (Å²) in [4.78, 5) is 36.5. The van der Waals surface area contributed by atoms with Crippen LogP contribution < -0.4 is 10.6 Å². The minimum atomic E-state index is -1.11. The van der Waals surface area contributed by atoms with E-state index in [1.165, 1.54) is 0 Å². The van der Waals surface area contributed by atoms with Gasteiger partial charge in [-0.05, 0) is 52.9 Å². The number of benzene rings is 3. The summed E-state index contributed by atoms with van der Waals surface area (Å²) in [6, 6.07) is 22.9. The number of hydrogen-bond acceptors (Lipinski definition) is 5. The quantitative estimate of drug-likeness (QED) is 0.452. The molecular weight excluding hydrogens is 446 g/mol. The molecule has 2 amide bonds. The molecule has 0 fully saturated rings. The van der Waals surface area contributed by atoms with Crippen molar-refractivity contribution in [2.24, 2.45) is 0 Å². The number of nitriles is 1. The summed E-state index contributed by atoms with van der Waals surface area (Å²) in [6.45, 7) is 0.0722. The van der Waals surface area contributed by atoms with Crippen LogP contribution in [0.3, 0.4) is 0 Å². The second kappa shape index (κ2) is 10.5. The standard InChI is InChI=1S/C27H23N3O5/c28-15-17-9-11-18(12-10-17)29-26(33)24(13-14-25(31)32)30-27(34)35-16-23-21-7-3-1-5-19(21)20-6-2-4-8-22(20)23/h1-12,23-24H,13-14,16H2,(H,29,33)(H,30,34)(H,31,32). The Morgan fingerprint density at radius 3 is 2.11 bits per heavy atom. The zero-order valence-corrected chi connectivity index (χ0v) is 18.7. The number of anilines is 1. The monoisotopic (exact) mass is 469 g/mol. The lowest BCUT2D eigenvalue weighted by Gasteiger charge is -2.19. The highest BCUT2D eigenvalue weighted by molar-refractivity contribution is 5.96. The minimum Gasteiger partial charge on any atom is -0.481 e. The average Bonchev–Trinajstić information content (AvgIpc) is 3.19. The number of ether oxygens (including phenoxy) is 1. The fourth-order valence-corrected chi connectivity index (χ4v) is 4.18. The van der Waals surface area contributed by atoms with Gasteiger partial charge in [0.05, 0.1) is 11.6 Å². The van der Waals surface area contributed by atoms with Gasteiger partial charge in [0, 0.05) is 18.0 Å². The molecule has 3 N–H and O–H groups in total. The molecule has 1 aliphatic carbocycles. The lowest BCUT2D eigenvalue weighted by atomic mass is 9.98. The molecule has 1 unspecified atom stereocenters. The molecule has 0 radical (unpaired) electrons. The van der Waals surface area contributed by atoms with Gasteiger partial charge in [-0.15, -0.1) is 0 Å². The SMILES string of the molecule is N#Cc1ccc(NC(=O)C(CCC(=O)O)NC(=O)OCC2c3ccccc3-c3ccccc32)cc1. The van der Waals surface area contributed by atoms with E-state index in [-0.39, 0.29) is 25.4 Å². The second-order valence-corrected chi connectivity index (χ2v) is 8.13. The van der Waals surface area contributed by atoms with E-state index < -0.39 is 24.0 Å². The number of rotatable bonds is 8. The predicted molar refractivity (Wildman–Crippen MR) is 129 cm³/mol. The Balaban J connectivity index is 1.42. The number of fused-ring (bicyclic) bond motifs is 3. The molecule has 0 spiro atoms. The maximum atomic E-state index is 12.8. The van der Waals surface area contributed by atoms with E-state index in [0.29, 0.717) is 11.3 Å². The van der Waals surface area contributed by atoms with Crippen LogP contribution >= 0.6 is 0 Å². The number of aliphatic carboxylic acids is 1. The van der Waals surface area contributed by atoms with Gasteiger partial charge in [-0.1, -0.05) is 48.5 Å². The van der Waals surface area contributed by atoms with Crippen molar-refractivity contribution >= 4 is 23.7 Å². The summed E-state index contributed by atoms with van der Waals surface area (Å²) in [7, 11) is 0. The average molecular weight is 469 g/mol. The van der Waals surface area contributed by atoms with E-state index in [1.807, 2.05) is 54.6 Å². The Morgan fingerprint density at radius 2 is 1.54 bits per heavy atom. The number of amides is 2. The summed E-state index contributed by atoms with van der Waals surface area (Å²) >= 11 is 0. The van der Waals surface area contributed by atoms with Crippen molar-refractivity contribution in [3.63, 3.8) is 0 Å². The Bertz CT molecular complexity index is 1250. The molecule has 1 aliphatic rings. The highest BCUT2D eigenvalue weighted by Gasteiger charge is 2.30. The molecule has 0 aliphatic heterocycles. The van der Waals surface area contributed by atoms with Crippen molar-refractivity contribution in [1.29, 1.82) is 5.26 Å². The molecule has 0 bridgehead atoms. The fourth-order valence-electron chi connectivity index (χ4n) is 4.18. The van der Waals surface area contributed by atoms with E-state index in [4.69, 9.17) is 15.1 Å². The van der Waals surface area contributed by atoms with Gasteiger partial charge in [0.1, 0.15) is 12.6 Å². The molecule has 0 heterocycles. The molecule has 0 saturated carbocycles. The van der Waals surface area contributed by atoms with Gasteiger partial charge >= 0.3 is 12.1 Å². The maximum Gasteiger partial charge on any atom is 0.407 e. The lowest BCUT2D eigenvalue weighted by molar-refractivity contribution is -0.137. The maximum absolute atomic E-state index is 12.8. The van der Waals surface area contributed by atoms with E-state index in [0.717, 1.165) is 22.3 Å². The van der Waals surface area contributed by atoms with Gasteiger partial charge in [0.2, 0.25) is 5.91 Å². The van der Waals surface area contributed by atoms with E-state index >= 15 is 0 Å². The Kier molecular flexibility index (Phi) is 7.07. The number of alkyl carbamates (subject to hydrolysis) is 1. The number of nitrogens with one attached hydrogen (secondary N) is 2. The number of nitrogens with zero attached hydrogens (tertiary/aromatic N) is 1. The summed E-state index contributed by atoms with van der Waals surface area (Å²) in [5.41, 5.74) is 5.16. The van der Waals surface area contributed by atoms with Crippen LogP contribution in [-0.2, 0) is 14.3 Å². The third-order valence-electron chi connectivity index (χ3n) is 5.88. The van der Waals surface area contributed by atoms with Gasteiger partial charge in [0.25, 0.3) is 0 Å². The van der Waals surface area contributed by atoms with Gasteiger partial charge < -0.3 is 20.5 Å². The summed E-state index contributed by atoms with van der Waals surface area (Å²) in [5, 5.41) is 23.1. The van der Waals surface area contributed by atoms with Crippen molar-refractivity contribution in [2.45, 2.75) is 24.8 Å². The van der Waals surface area contributed by atoms with Crippen molar-refractivity contribution in [1.82, 2.24) is 5.32 Å². The summed E-state index contributed by atoms with van der Waals surface area (Å²) < 4.78 is 5.49. The van der Waals surface area contributed by atoms with E-state index in [1.54, 1.807) is 24.3 Å². The number of carboxylic acids is 1. The molecular formula is C27H23N3O5. The number of carboxylic acid groups (broad SMARTS) is 1. The van der Waals surface area contributed by atoms with Gasteiger partial charge in [0.15, 0.2) is 0 Å². The van der Waals surface area contributed by atoms with Crippen LogP contribution in [0.5, 0.6) is 0 Å². The first-order chi connectivity index (χ1) is 17.0. The van der Waals surface area contributed by atoms with Gasteiger partial charge in [-0.3, -0.25) is 9.59 Å². The summed E-state index contributed by atoms with van der Waals surface area (Å²) in [5.74, 6) is -1.81.